The van der Waals surface area contributed by atoms with Gasteiger partial charge >= 0.3 is 5.97 Å². The highest BCUT2D eigenvalue weighted by Crippen LogP contribution is 2.17. The Bertz CT molecular complexity index is 299. The molecule has 0 spiro atoms. The molecule has 6 nitrogen and oxygen atoms in total. The number of aliphatic carboxylic acids is 1. The highest BCUT2D eigenvalue weighted by Gasteiger charge is 2.39. The first-order valence-corrected chi connectivity index (χ1v) is 5.14. The number of allylic oxidation sites excluding steroid dienone is 1. The lowest BCUT2D eigenvalue weighted by Gasteiger charge is -2.27. The van der Waals surface area contributed by atoms with E-state index >= 15 is 0 Å². The molecule has 86 valence electrons. The minimum Gasteiger partial charge on any atom is -0.480 e. The fourth-order valence-electron chi connectivity index (χ4n) is 0.861. The molecule has 0 fully saturated rings. The van der Waals surface area contributed by atoms with Gasteiger partial charge < -0.3 is 15.0 Å². The number of carboxylic acids is 1. The summed E-state index contributed by atoms with van der Waals surface area (Å²) < 4.78 is 18.5. The molecule has 0 aromatic rings. The fraction of sp³-hybridized carbons (Fsp3) is 0.500. The van der Waals surface area contributed by atoms with E-state index in [0.717, 1.165) is 12.3 Å². The van der Waals surface area contributed by atoms with Gasteiger partial charge in [-0.25, -0.2) is 9.00 Å². The third kappa shape index (κ3) is 3.80. The molecule has 0 radical (unpaired) electrons. The molecule has 0 aromatic heterocycles. The van der Waals surface area contributed by atoms with Crippen molar-refractivity contribution in [1.29, 1.82) is 0 Å². The average molecular weight is 235 g/mol. The molecular formula is C8H13NO5S. The third-order valence-electron chi connectivity index (χ3n) is 1.83. The van der Waals surface area contributed by atoms with Crippen LogP contribution < -0.4 is 5.32 Å². The zero-order chi connectivity index (χ0) is 12.1. The van der Waals surface area contributed by atoms with E-state index in [1.54, 1.807) is 0 Å². The van der Waals surface area contributed by atoms with E-state index in [2.05, 4.69) is 5.32 Å². The largest absolute Gasteiger partial charge is 0.480 e. The van der Waals surface area contributed by atoms with Gasteiger partial charge in [0, 0.05) is 6.20 Å². The number of hydrogen-bond acceptors (Lipinski definition) is 4. The molecule has 7 heteroatoms. The van der Waals surface area contributed by atoms with Gasteiger partial charge in [0.1, 0.15) is 12.3 Å². The minimum absolute atomic E-state index is 0.467. The van der Waals surface area contributed by atoms with Crippen molar-refractivity contribution in [3.8, 4) is 0 Å². The van der Waals surface area contributed by atoms with Gasteiger partial charge in [-0.05, 0) is 19.9 Å². The highest BCUT2D eigenvalue weighted by atomic mass is 32.2. The third-order valence-corrected chi connectivity index (χ3v) is 2.97. The lowest BCUT2D eigenvalue weighted by molar-refractivity contribution is -0.139. The monoisotopic (exact) mass is 235 g/mol. The summed E-state index contributed by atoms with van der Waals surface area (Å²) in [6, 6.07) is -1.25. The van der Waals surface area contributed by atoms with E-state index in [0.29, 0.717) is 6.29 Å². The van der Waals surface area contributed by atoms with Crippen LogP contribution in [0.3, 0.4) is 0 Å². The molecule has 2 atom stereocenters. The van der Waals surface area contributed by atoms with E-state index in [9.17, 15) is 13.8 Å². The Hall–Kier alpha value is -1.21. The number of hydrogen-bond donors (Lipinski definition) is 3. The standard InChI is InChI=1S/C8H13NO5S/c1-8(2,15(13)14)6(7(11)12)9-4-3-5-10/h3-6,9H,1-2H3,(H,11,12)(H,13,14)/b4-3+/t6-/m0/s1. The highest BCUT2D eigenvalue weighted by molar-refractivity contribution is 7.80. The summed E-state index contributed by atoms with van der Waals surface area (Å²) in [6.45, 7) is 2.67. The Kier molecular flexibility index (Phi) is 5.16. The number of aldehydes is 1. The van der Waals surface area contributed by atoms with E-state index < -0.39 is 27.8 Å². The van der Waals surface area contributed by atoms with Crippen molar-refractivity contribution in [3.05, 3.63) is 12.3 Å². The van der Waals surface area contributed by atoms with Gasteiger partial charge in [-0.1, -0.05) is 0 Å². The van der Waals surface area contributed by atoms with Gasteiger partial charge in [0.25, 0.3) is 0 Å². The maximum absolute atomic E-state index is 10.9. The second-order valence-corrected chi connectivity index (χ2v) is 4.84. The maximum atomic E-state index is 10.9. The van der Waals surface area contributed by atoms with Gasteiger partial charge in [0.2, 0.25) is 0 Å². The second kappa shape index (κ2) is 5.62. The van der Waals surface area contributed by atoms with Crippen LogP contribution in [0.15, 0.2) is 12.3 Å². The zero-order valence-electron chi connectivity index (χ0n) is 8.34. The van der Waals surface area contributed by atoms with E-state index in [1.807, 2.05) is 0 Å². The van der Waals surface area contributed by atoms with Crippen molar-refractivity contribution in [1.82, 2.24) is 5.32 Å². The first kappa shape index (κ1) is 13.8. The Morgan fingerprint density at radius 3 is 2.40 bits per heavy atom. The Morgan fingerprint density at radius 1 is 1.53 bits per heavy atom. The maximum Gasteiger partial charge on any atom is 0.327 e. The minimum atomic E-state index is -2.30. The number of rotatable bonds is 6. The molecule has 0 amide bonds. The van der Waals surface area contributed by atoms with Gasteiger partial charge in [-0.15, -0.1) is 0 Å². The molecule has 15 heavy (non-hydrogen) atoms. The zero-order valence-corrected chi connectivity index (χ0v) is 9.15. The molecule has 0 saturated heterocycles. The fourth-order valence-corrected chi connectivity index (χ4v) is 1.23. The molecule has 0 aliphatic carbocycles. The van der Waals surface area contributed by atoms with E-state index in [4.69, 9.17) is 9.66 Å². The summed E-state index contributed by atoms with van der Waals surface area (Å²) in [5.74, 6) is -1.27. The van der Waals surface area contributed by atoms with E-state index in [-0.39, 0.29) is 0 Å². The summed E-state index contributed by atoms with van der Waals surface area (Å²) in [4.78, 5) is 20.8. The first-order chi connectivity index (χ1) is 6.84. The van der Waals surface area contributed by atoms with Crippen molar-refractivity contribution in [2.45, 2.75) is 24.6 Å². The molecule has 0 bridgehead atoms. The normalized spacial score (nSPS) is 15.9. The van der Waals surface area contributed by atoms with Gasteiger partial charge in [0.15, 0.2) is 11.1 Å². The van der Waals surface area contributed by atoms with Crippen LogP contribution >= 0.6 is 0 Å². The van der Waals surface area contributed by atoms with Crippen molar-refractivity contribution < 1.29 is 23.5 Å². The first-order valence-electron chi connectivity index (χ1n) is 4.04. The van der Waals surface area contributed by atoms with Crippen LogP contribution in [-0.2, 0) is 20.7 Å². The lowest BCUT2D eigenvalue weighted by Crippen LogP contribution is -2.52. The predicted molar refractivity (Wildman–Crippen MR) is 54.6 cm³/mol. The summed E-state index contributed by atoms with van der Waals surface area (Å²) in [7, 11) is 0. The summed E-state index contributed by atoms with van der Waals surface area (Å²) in [5, 5.41) is 11.2. The lowest BCUT2D eigenvalue weighted by atomic mass is 10.0. The van der Waals surface area contributed by atoms with Crippen LogP contribution in [0.1, 0.15) is 13.8 Å². The Morgan fingerprint density at radius 2 is 2.07 bits per heavy atom. The van der Waals surface area contributed by atoms with Crippen LogP contribution in [-0.4, -0.2) is 36.9 Å². The summed E-state index contributed by atoms with van der Waals surface area (Å²) in [5.41, 5.74) is 0. The molecule has 0 aliphatic heterocycles. The van der Waals surface area contributed by atoms with E-state index in [1.165, 1.54) is 13.8 Å². The van der Waals surface area contributed by atoms with Crippen LogP contribution in [0.25, 0.3) is 0 Å². The van der Waals surface area contributed by atoms with Gasteiger partial charge in [0.05, 0.1) is 4.75 Å². The molecule has 0 heterocycles. The van der Waals surface area contributed by atoms with Crippen molar-refractivity contribution in [2.75, 3.05) is 0 Å². The molecule has 1 unspecified atom stereocenters. The molecule has 0 aromatic carbocycles. The molecule has 0 rings (SSSR count). The smallest absolute Gasteiger partial charge is 0.327 e. The predicted octanol–water partition coefficient (Wildman–Crippen LogP) is -0.258. The number of carbonyl (C=O) groups excluding carboxylic acids is 1. The van der Waals surface area contributed by atoms with Crippen molar-refractivity contribution in [2.24, 2.45) is 0 Å². The average Bonchev–Trinajstić information content (AvgIpc) is 2.11. The van der Waals surface area contributed by atoms with Gasteiger partial charge in [-0.2, -0.15) is 0 Å². The number of carbonyl (C=O) groups is 2. The van der Waals surface area contributed by atoms with Crippen LogP contribution in [0.2, 0.25) is 0 Å². The van der Waals surface area contributed by atoms with Crippen LogP contribution in [0, 0.1) is 0 Å². The second-order valence-electron chi connectivity index (χ2n) is 3.29. The quantitative estimate of drug-likeness (QED) is 0.333. The SMILES string of the molecule is CC(C)([C@@H](N/C=C/C=O)C(=O)O)S(=O)O. The van der Waals surface area contributed by atoms with Crippen LogP contribution in [0.5, 0.6) is 0 Å². The summed E-state index contributed by atoms with van der Waals surface area (Å²) >= 11 is -2.30. The molecule has 0 aliphatic rings. The van der Waals surface area contributed by atoms with Crippen LogP contribution in [0.4, 0.5) is 0 Å². The molecular weight excluding hydrogens is 222 g/mol. The number of carboxylic acid groups (broad SMARTS) is 1. The Labute approximate surface area is 89.6 Å². The number of nitrogens with one attached hydrogen (secondary N) is 1. The molecule has 0 saturated carbocycles. The van der Waals surface area contributed by atoms with Gasteiger partial charge in [-0.3, -0.25) is 4.79 Å². The summed E-state index contributed by atoms with van der Waals surface area (Å²) in [6.07, 6.45) is 2.65. The molecule has 3 N–H and O–H groups in total. The Balaban J connectivity index is 4.81. The topological polar surface area (TPSA) is 104 Å². The van der Waals surface area contributed by atoms with Crippen molar-refractivity contribution >= 4 is 23.3 Å². The van der Waals surface area contributed by atoms with Crippen molar-refractivity contribution in [3.63, 3.8) is 0 Å².